The fraction of sp³-hybridized carbons (Fsp3) is 0.357. The average Bonchev–Trinajstić information content (AvgIpc) is 3.13. The molecule has 0 aliphatic carbocycles. The molecule has 0 bridgehead atoms. The van der Waals surface area contributed by atoms with Crippen LogP contribution in [0.3, 0.4) is 0 Å². The van der Waals surface area contributed by atoms with Crippen molar-refractivity contribution in [2.24, 2.45) is 0 Å². The Kier molecular flexibility index (Phi) is 5.35. The molecule has 27 heavy (non-hydrogen) atoms. The summed E-state index contributed by atoms with van der Waals surface area (Å²) in [5.41, 5.74) is 2.05. The number of alkyl halides is 3. The highest BCUT2D eigenvalue weighted by atomic mass is 32.3. The van der Waals surface area contributed by atoms with Gasteiger partial charge in [-0.3, -0.25) is 4.79 Å². The van der Waals surface area contributed by atoms with Gasteiger partial charge in [-0.05, 0) is 28.6 Å². The summed E-state index contributed by atoms with van der Waals surface area (Å²) in [5.74, 6) is -1.84. The van der Waals surface area contributed by atoms with Crippen molar-refractivity contribution in [3.63, 3.8) is 0 Å². The van der Waals surface area contributed by atoms with Gasteiger partial charge in [-0.15, -0.1) is 0 Å². The zero-order chi connectivity index (χ0) is 19.7. The molecule has 0 saturated carbocycles. The van der Waals surface area contributed by atoms with Gasteiger partial charge in [-0.1, -0.05) is 0 Å². The van der Waals surface area contributed by atoms with Crippen LogP contribution in [0.25, 0.3) is 0 Å². The SMILES string of the molecule is O=C(N1CCN(c2ccc(S(=O)(=O)N[s+]3cncn3)cc2)CC1)C(F)(F)F. The van der Waals surface area contributed by atoms with Crippen LogP contribution in [-0.2, 0) is 14.8 Å². The number of carbonyl (C=O) groups is 1. The van der Waals surface area contributed by atoms with Gasteiger partial charge in [-0.2, -0.15) is 18.2 Å². The zero-order valence-corrected chi connectivity index (χ0v) is 15.4. The van der Waals surface area contributed by atoms with Crippen molar-refractivity contribution >= 4 is 32.5 Å². The second kappa shape index (κ2) is 7.40. The fourth-order valence-electron chi connectivity index (χ4n) is 2.58. The fourth-order valence-corrected chi connectivity index (χ4v) is 5.08. The molecule has 13 heteroatoms. The summed E-state index contributed by atoms with van der Waals surface area (Å²) in [6, 6.07) is 5.96. The Bertz CT molecular complexity index is 893. The van der Waals surface area contributed by atoms with Gasteiger partial charge in [0.1, 0.15) is 0 Å². The molecule has 2 aromatic rings. The largest absolute Gasteiger partial charge is 0.471 e. The van der Waals surface area contributed by atoms with Gasteiger partial charge in [0.05, 0.1) is 4.90 Å². The first-order valence-electron chi connectivity index (χ1n) is 7.69. The van der Waals surface area contributed by atoms with Crippen LogP contribution in [0, 0.1) is 0 Å². The third-order valence-corrected chi connectivity index (χ3v) is 7.00. The summed E-state index contributed by atoms with van der Waals surface area (Å²) < 4.78 is 68.2. The van der Waals surface area contributed by atoms with Crippen molar-refractivity contribution < 1.29 is 26.4 Å². The number of hydrogen-bond donors (Lipinski definition) is 1. The van der Waals surface area contributed by atoms with Gasteiger partial charge in [0.2, 0.25) is 10.9 Å². The van der Waals surface area contributed by atoms with Crippen molar-refractivity contribution in [2.45, 2.75) is 11.1 Å². The van der Waals surface area contributed by atoms with Crippen molar-refractivity contribution in [2.75, 3.05) is 35.2 Å². The lowest BCUT2D eigenvalue weighted by Gasteiger charge is -2.36. The lowest BCUT2D eigenvalue weighted by atomic mass is 10.2. The smallest absolute Gasteiger partial charge is 0.368 e. The molecule has 1 atom stereocenters. The van der Waals surface area contributed by atoms with Crippen LogP contribution >= 0.6 is 10.9 Å². The number of aromatic nitrogens is 2. The second-order valence-electron chi connectivity index (χ2n) is 5.65. The lowest BCUT2D eigenvalue weighted by Crippen LogP contribution is -2.52. The highest BCUT2D eigenvalue weighted by Gasteiger charge is 2.43. The van der Waals surface area contributed by atoms with Crippen molar-refractivity contribution in [1.29, 1.82) is 0 Å². The van der Waals surface area contributed by atoms with Crippen LogP contribution in [0.4, 0.5) is 18.9 Å². The summed E-state index contributed by atoms with van der Waals surface area (Å²) in [6.07, 6.45) is -3.61. The minimum absolute atomic E-state index is 0.0418. The molecule has 3 rings (SSSR count). The number of amides is 1. The summed E-state index contributed by atoms with van der Waals surface area (Å²) in [5, 5.41) is 0. The number of sulfonamides is 1. The Balaban J connectivity index is 1.64. The molecule has 1 aromatic heterocycles. The monoisotopic (exact) mass is 422 g/mol. The van der Waals surface area contributed by atoms with Gasteiger partial charge in [-0.25, -0.2) is 8.42 Å². The van der Waals surface area contributed by atoms with Gasteiger partial charge >= 0.3 is 12.1 Å². The number of benzene rings is 1. The van der Waals surface area contributed by atoms with Crippen molar-refractivity contribution in [3.05, 3.63) is 36.1 Å². The molecule has 1 aliphatic rings. The van der Waals surface area contributed by atoms with Crippen LogP contribution in [0.1, 0.15) is 0 Å². The molecule has 0 radical (unpaired) electrons. The number of hydrogen-bond acceptors (Lipinski definition) is 6. The van der Waals surface area contributed by atoms with E-state index in [0.29, 0.717) is 5.69 Å². The summed E-state index contributed by atoms with van der Waals surface area (Å²) in [6.45, 7) is 0.335. The summed E-state index contributed by atoms with van der Waals surface area (Å²) in [4.78, 5) is 17.6. The third-order valence-electron chi connectivity index (χ3n) is 3.90. The highest BCUT2D eigenvalue weighted by Crippen LogP contribution is 2.23. The minimum atomic E-state index is -4.88. The molecular weight excluding hydrogens is 407 g/mol. The highest BCUT2D eigenvalue weighted by molar-refractivity contribution is 7.96. The first-order valence-corrected chi connectivity index (χ1v) is 10.4. The first kappa shape index (κ1) is 19.5. The predicted molar refractivity (Wildman–Crippen MR) is 92.3 cm³/mol. The Morgan fingerprint density at radius 1 is 1.11 bits per heavy atom. The molecular formula is C14H15F3N5O3S2+. The van der Waals surface area contributed by atoms with Gasteiger partial charge in [0.15, 0.2) is 6.33 Å². The molecule has 1 aromatic carbocycles. The zero-order valence-electron chi connectivity index (χ0n) is 13.8. The molecule has 2 heterocycles. The van der Waals surface area contributed by atoms with E-state index in [4.69, 9.17) is 0 Å². The second-order valence-corrected chi connectivity index (χ2v) is 8.84. The van der Waals surface area contributed by atoms with E-state index in [0.717, 1.165) is 4.90 Å². The van der Waals surface area contributed by atoms with Gasteiger partial charge < -0.3 is 9.80 Å². The average molecular weight is 422 g/mol. The summed E-state index contributed by atoms with van der Waals surface area (Å²) in [7, 11) is -4.79. The Morgan fingerprint density at radius 3 is 2.26 bits per heavy atom. The molecule has 146 valence electrons. The van der Waals surface area contributed by atoms with Crippen LogP contribution in [0.15, 0.2) is 41.0 Å². The van der Waals surface area contributed by atoms with E-state index in [1.54, 1.807) is 17.0 Å². The number of piperazine rings is 1. The Hall–Kier alpha value is -2.25. The van der Waals surface area contributed by atoms with E-state index in [9.17, 15) is 26.4 Å². The van der Waals surface area contributed by atoms with Crippen LogP contribution in [0.2, 0.25) is 0 Å². The van der Waals surface area contributed by atoms with E-state index in [1.165, 1.54) is 24.0 Å². The topological polar surface area (TPSA) is 95.5 Å². The standard InChI is InChI=1S/C14H14F3N5O3S2/c15-14(16,17)13(23)22-7-5-21(6-8-22)11-1-3-12(4-2-11)27(24,25)20-26-10-18-9-19-26/h1-4,9-10H,5-8H2/p+1. The molecule has 0 spiro atoms. The maximum atomic E-state index is 12.5. The Labute approximate surface area is 155 Å². The quantitative estimate of drug-likeness (QED) is 0.748. The number of rotatable bonds is 4. The van der Waals surface area contributed by atoms with E-state index in [2.05, 4.69) is 13.5 Å². The number of halogens is 3. The molecule has 1 amide bonds. The first-order chi connectivity index (χ1) is 12.7. The van der Waals surface area contributed by atoms with Crippen LogP contribution in [-0.4, -0.2) is 60.9 Å². The van der Waals surface area contributed by atoms with Crippen molar-refractivity contribution in [3.8, 4) is 0 Å². The number of carbonyl (C=O) groups excluding carboxylic acids is 1. The number of anilines is 1. The molecule has 1 saturated heterocycles. The van der Waals surface area contributed by atoms with Crippen LogP contribution < -0.4 is 9.03 Å². The van der Waals surface area contributed by atoms with Crippen LogP contribution in [0.5, 0.6) is 0 Å². The molecule has 1 unspecified atom stereocenters. The minimum Gasteiger partial charge on any atom is -0.368 e. The normalized spacial score (nSPS) is 16.5. The van der Waals surface area contributed by atoms with E-state index < -0.39 is 33.0 Å². The maximum absolute atomic E-state index is 12.5. The van der Waals surface area contributed by atoms with Gasteiger partial charge in [0, 0.05) is 36.0 Å². The number of nitrogens with one attached hydrogen (secondary N) is 1. The molecule has 1 fully saturated rings. The maximum Gasteiger partial charge on any atom is 0.471 e. The van der Waals surface area contributed by atoms with Crippen molar-refractivity contribution in [1.82, 2.24) is 14.3 Å². The Morgan fingerprint density at radius 2 is 1.74 bits per heavy atom. The van der Waals surface area contributed by atoms with E-state index in [1.807, 2.05) is 0 Å². The lowest BCUT2D eigenvalue weighted by molar-refractivity contribution is -0.185. The number of nitrogens with zero attached hydrogens (tertiary/aromatic N) is 4. The molecule has 1 aliphatic heterocycles. The molecule has 8 nitrogen and oxygen atoms in total. The third kappa shape index (κ3) is 4.54. The van der Waals surface area contributed by atoms with E-state index in [-0.39, 0.29) is 31.1 Å². The van der Waals surface area contributed by atoms with Gasteiger partial charge in [0.25, 0.3) is 15.5 Å². The van der Waals surface area contributed by atoms with E-state index >= 15 is 0 Å². The predicted octanol–water partition coefficient (Wildman–Crippen LogP) is 1.37. The summed E-state index contributed by atoms with van der Waals surface area (Å²) >= 11 is 0. The molecule has 1 N–H and O–H groups in total.